The third-order valence-corrected chi connectivity index (χ3v) is 2.34. The Morgan fingerprint density at radius 2 is 1.87 bits per heavy atom. The van der Waals surface area contributed by atoms with Crippen LogP contribution < -0.4 is 5.73 Å². The summed E-state index contributed by atoms with van der Waals surface area (Å²) >= 11 is 0. The molecule has 0 aliphatic carbocycles. The van der Waals surface area contributed by atoms with Crippen LogP contribution in [0, 0.1) is 13.8 Å². The molecule has 0 fully saturated rings. The highest BCUT2D eigenvalue weighted by atomic mass is 14.9. The number of hydrogen-bond donors (Lipinski definition) is 2. The van der Waals surface area contributed by atoms with Crippen molar-refractivity contribution in [2.75, 3.05) is 0 Å². The second-order valence-corrected chi connectivity index (χ2v) is 3.84. The van der Waals surface area contributed by atoms with Crippen molar-refractivity contribution in [1.29, 1.82) is 0 Å². The molecule has 0 amide bonds. The molecule has 0 atom stereocenters. The van der Waals surface area contributed by atoms with E-state index < -0.39 is 0 Å². The van der Waals surface area contributed by atoms with Crippen LogP contribution in [0.3, 0.4) is 0 Å². The van der Waals surface area contributed by atoms with Crippen LogP contribution >= 0.6 is 0 Å². The van der Waals surface area contributed by atoms with Crippen molar-refractivity contribution < 1.29 is 0 Å². The number of aryl methyl sites for hydroxylation is 2. The average molecular weight is 201 g/mol. The molecule has 15 heavy (non-hydrogen) atoms. The predicted octanol–water partition coefficient (Wildman–Crippen LogP) is 2.15. The van der Waals surface area contributed by atoms with E-state index in [0.29, 0.717) is 6.54 Å². The van der Waals surface area contributed by atoms with Gasteiger partial charge in [0.1, 0.15) is 5.82 Å². The second kappa shape index (κ2) is 3.87. The number of nitrogens with two attached hydrogens (primary N) is 1. The van der Waals surface area contributed by atoms with Gasteiger partial charge < -0.3 is 10.7 Å². The number of hydrogen-bond acceptors (Lipinski definition) is 2. The minimum Gasteiger partial charge on any atom is -0.341 e. The molecule has 0 radical (unpaired) electrons. The summed E-state index contributed by atoms with van der Waals surface area (Å²) in [6.07, 6.45) is 1.78. The van der Waals surface area contributed by atoms with Gasteiger partial charge in [0.05, 0.1) is 0 Å². The normalized spacial score (nSPS) is 10.6. The van der Waals surface area contributed by atoms with Crippen molar-refractivity contribution in [3.63, 3.8) is 0 Å². The van der Waals surface area contributed by atoms with Crippen molar-refractivity contribution in [3.8, 4) is 11.4 Å². The van der Waals surface area contributed by atoms with E-state index in [-0.39, 0.29) is 0 Å². The second-order valence-electron chi connectivity index (χ2n) is 3.84. The van der Waals surface area contributed by atoms with E-state index in [1.165, 1.54) is 11.1 Å². The molecule has 0 bridgehead atoms. The fraction of sp³-hybridized carbons (Fsp3) is 0.250. The highest BCUT2D eigenvalue weighted by Gasteiger charge is 2.03. The Morgan fingerprint density at radius 3 is 2.40 bits per heavy atom. The number of nitrogens with zero attached hydrogens (tertiary/aromatic N) is 1. The van der Waals surface area contributed by atoms with Crippen molar-refractivity contribution in [1.82, 2.24) is 9.97 Å². The van der Waals surface area contributed by atoms with Crippen LogP contribution in [-0.4, -0.2) is 9.97 Å². The van der Waals surface area contributed by atoms with Gasteiger partial charge in [0.2, 0.25) is 0 Å². The van der Waals surface area contributed by atoms with E-state index in [1.807, 2.05) is 0 Å². The zero-order valence-electron chi connectivity index (χ0n) is 9.04. The largest absolute Gasteiger partial charge is 0.341 e. The quantitative estimate of drug-likeness (QED) is 0.782. The van der Waals surface area contributed by atoms with Gasteiger partial charge in [-0.2, -0.15) is 0 Å². The van der Waals surface area contributed by atoms with E-state index in [0.717, 1.165) is 17.1 Å². The molecule has 0 aliphatic rings. The first-order valence-electron chi connectivity index (χ1n) is 5.01. The maximum atomic E-state index is 5.53. The molecular weight excluding hydrogens is 186 g/mol. The molecule has 3 nitrogen and oxygen atoms in total. The molecule has 1 heterocycles. The Labute approximate surface area is 89.4 Å². The van der Waals surface area contributed by atoms with Gasteiger partial charge in [-0.05, 0) is 26.0 Å². The Balaban J connectivity index is 2.44. The standard InChI is InChI=1S/C12H15N3/c1-8-3-9(2)5-10(4-8)12-14-7-11(6-13)15-12/h3-5,7H,6,13H2,1-2H3,(H,14,15). The van der Waals surface area contributed by atoms with Crippen LogP contribution in [0.15, 0.2) is 24.4 Å². The first-order valence-corrected chi connectivity index (χ1v) is 5.01. The lowest BCUT2D eigenvalue weighted by molar-refractivity contribution is 1.01. The zero-order valence-corrected chi connectivity index (χ0v) is 9.04. The highest BCUT2D eigenvalue weighted by Crippen LogP contribution is 2.19. The minimum atomic E-state index is 0.498. The molecule has 0 spiro atoms. The van der Waals surface area contributed by atoms with E-state index in [1.54, 1.807) is 6.20 Å². The van der Waals surface area contributed by atoms with Gasteiger partial charge >= 0.3 is 0 Å². The molecule has 3 N–H and O–H groups in total. The number of aromatic amines is 1. The van der Waals surface area contributed by atoms with E-state index >= 15 is 0 Å². The summed E-state index contributed by atoms with van der Waals surface area (Å²) in [6, 6.07) is 6.38. The highest BCUT2D eigenvalue weighted by molar-refractivity contribution is 5.57. The first-order chi connectivity index (χ1) is 7.19. The van der Waals surface area contributed by atoms with Gasteiger partial charge in [0.25, 0.3) is 0 Å². The van der Waals surface area contributed by atoms with Crippen molar-refractivity contribution >= 4 is 0 Å². The number of H-pyrrole nitrogens is 1. The molecule has 1 aromatic carbocycles. The van der Waals surface area contributed by atoms with Crippen molar-refractivity contribution in [2.45, 2.75) is 20.4 Å². The molecule has 0 saturated carbocycles. The van der Waals surface area contributed by atoms with Crippen molar-refractivity contribution in [3.05, 3.63) is 41.2 Å². The minimum absolute atomic E-state index is 0.498. The fourth-order valence-corrected chi connectivity index (χ4v) is 1.72. The molecule has 0 aliphatic heterocycles. The van der Waals surface area contributed by atoms with Gasteiger partial charge in [-0.15, -0.1) is 0 Å². The lowest BCUT2D eigenvalue weighted by Crippen LogP contribution is -1.95. The Hall–Kier alpha value is -1.61. The fourth-order valence-electron chi connectivity index (χ4n) is 1.72. The third kappa shape index (κ3) is 2.07. The van der Waals surface area contributed by atoms with Gasteiger partial charge in [0.15, 0.2) is 0 Å². The molecule has 0 saturated heterocycles. The van der Waals surface area contributed by atoms with Gasteiger partial charge in [-0.1, -0.05) is 17.2 Å². The van der Waals surface area contributed by atoms with E-state index in [4.69, 9.17) is 5.73 Å². The summed E-state index contributed by atoms with van der Waals surface area (Å²) in [4.78, 5) is 7.50. The molecule has 0 unspecified atom stereocenters. The predicted molar refractivity (Wildman–Crippen MR) is 61.4 cm³/mol. The number of nitrogens with one attached hydrogen (secondary N) is 1. The molecule has 2 rings (SSSR count). The summed E-state index contributed by atoms with van der Waals surface area (Å²) in [7, 11) is 0. The van der Waals surface area contributed by atoms with Gasteiger partial charge in [-0.3, -0.25) is 0 Å². The van der Waals surface area contributed by atoms with Gasteiger partial charge in [-0.25, -0.2) is 4.98 Å². The van der Waals surface area contributed by atoms with Crippen LogP contribution in [0.25, 0.3) is 11.4 Å². The maximum Gasteiger partial charge on any atom is 0.137 e. The summed E-state index contributed by atoms with van der Waals surface area (Å²) < 4.78 is 0. The van der Waals surface area contributed by atoms with Crippen LogP contribution in [0.4, 0.5) is 0 Å². The van der Waals surface area contributed by atoms with Crippen molar-refractivity contribution in [2.24, 2.45) is 5.73 Å². The Bertz CT molecular complexity index is 451. The molecule has 78 valence electrons. The summed E-state index contributed by atoms with van der Waals surface area (Å²) in [6.45, 7) is 4.67. The maximum absolute atomic E-state index is 5.53. The lowest BCUT2D eigenvalue weighted by Gasteiger charge is -2.01. The monoisotopic (exact) mass is 201 g/mol. The number of rotatable bonds is 2. The zero-order chi connectivity index (χ0) is 10.8. The third-order valence-electron chi connectivity index (χ3n) is 2.34. The number of imidazole rings is 1. The summed E-state index contributed by atoms with van der Waals surface area (Å²) in [5.74, 6) is 0.891. The first kappa shape index (κ1) is 9.93. The molecular formula is C12H15N3. The number of aromatic nitrogens is 2. The molecule has 3 heteroatoms. The topological polar surface area (TPSA) is 54.7 Å². The number of benzene rings is 1. The van der Waals surface area contributed by atoms with Crippen LogP contribution in [0.5, 0.6) is 0 Å². The SMILES string of the molecule is Cc1cc(C)cc(-c2ncc(CN)[nH]2)c1. The summed E-state index contributed by atoms with van der Waals surface area (Å²) in [5.41, 5.74) is 10.1. The average Bonchev–Trinajstić information content (AvgIpc) is 2.64. The van der Waals surface area contributed by atoms with Crippen LogP contribution in [0.2, 0.25) is 0 Å². The van der Waals surface area contributed by atoms with E-state index in [9.17, 15) is 0 Å². The Kier molecular flexibility index (Phi) is 2.56. The summed E-state index contributed by atoms with van der Waals surface area (Å²) in [5, 5.41) is 0. The van der Waals surface area contributed by atoms with Crippen LogP contribution in [0.1, 0.15) is 16.8 Å². The van der Waals surface area contributed by atoms with E-state index in [2.05, 4.69) is 42.0 Å². The molecule has 1 aromatic heterocycles. The lowest BCUT2D eigenvalue weighted by atomic mass is 10.1. The molecule has 2 aromatic rings. The smallest absolute Gasteiger partial charge is 0.137 e. The van der Waals surface area contributed by atoms with Gasteiger partial charge in [0, 0.05) is 24.0 Å². The van der Waals surface area contributed by atoms with Crippen LogP contribution in [-0.2, 0) is 6.54 Å². The Morgan fingerprint density at radius 1 is 1.20 bits per heavy atom.